The Bertz CT molecular complexity index is 1000. The summed E-state index contributed by atoms with van der Waals surface area (Å²) >= 11 is 0. The van der Waals surface area contributed by atoms with Crippen molar-refractivity contribution >= 4 is 17.3 Å². The van der Waals surface area contributed by atoms with Crippen LogP contribution in [-0.2, 0) is 0 Å². The molecule has 6 nitrogen and oxygen atoms in total. The van der Waals surface area contributed by atoms with Gasteiger partial charge in [-0.05, 0) is 29.7 Å². The van der Waals surface area contributed by atoms with Crippen LogP contribution in [0, 0.1) is 34.0 Å². The molecule has 27 heavy (non-hydrogen) atoms. The summed E-state index contributed by atoms with van der Waals surface area (Å²) in [4.78, 5) is 12.8. The summed E-state index contributed by atoms with van der Waals surface area (Å²) in [6, 6.07) is 19.2. The second-order valence-corrected chi connectivity index (χ2v) is 5.95. The minimum Gasteiger partial charge on any atom is -0.344 e. The number of para-hydroxylation sites is 2. The number of carbonyl (C=O) groups excluding carboxylic acids is 1. The molecule has 132 valence electrons. The van der Waals surface area contributed by atoms with Gasteiger partial charge in [-0.1, -0.05) is 44.2 Å². The smallest absolute Gasteiger partial charge is 0.257 e. The summed E-state index contributed by atoms with van der Waals surface area (Å²) in [6.45, 7) is 4.07. The van der Waals surface area contributed by atoms with E-state index in [0.29, 0.717) is 16.9 Å². The number of nitrogens with zero attached hydrogens (tertiary/aromatic N) is 3. The summed E-state index contributed by atoms with van der Waals surface area (Å²) in [6.07, 6.45) is 0. The van der Waals surface area contributed by atoms with Crippen LogP contribution in [0.15, 0.2) is 59.8 Å². The molecule has 0 spiro atoms. The zero-order chi connectivity index (χ0) is 19.8. The van der Waals surface area contributed by atoms with Gasteiger partial charge in [-0.25, -0.2) is 0 Å². The summed E-state index contributed by atoms with van der Waals surface area (Å²) in [5, 5.41) is 32.7. The van der Waals surface area contributed by atoms with Crippen LogP contribution in [0.2, 0.25) is 0 Å². The van der Waals surface area contributed by atoms with E-state index in [4.69, 9.17) is 10.5 Å². The molecule has 0 saturated carbocycles. The lowest BCUT2D eigenvalue weighted by Crippen LogP contribution is -2.16. The number of nitrogens with one attached hydrogen (secondary N) is 2. The van der Waals surface area contributed by atoms with Gasteiger partial charge in [-0.2, -0.15) is 15.8 Å². The lowest BCUT2D eigenvalue weighted by molar-refractivity contribution is 0.102. The molecule has 0 atom stereocenters. The van der Waals surface area contributed by atoms with Gasteiger partial charge in [0.1, 0.15) is 23.9 Å². The van der Waals surface area contributed by atoms with Gasteiger partial charge in [0.05, 0.1) is 11.3 Å². The highest BCUT2D eigenvalue weighted by Crippen LogP contribution is 2.25. The minimum atomic E-state index is -0.362. The second kappa shape index (κ2) is 8.85. The Morgan fingerprint density at radius 2 is 1.44 bits per heavy atom. The zero-order valence-electron chi connectivity index (χ0n) is 14.9. The normalized spacial score (nSPS) is 9.48. The van der Waals surface area contributed by atoms with Crippen molar-refractivity contribution < 1.29 is 4.79 Å². The van der Waals surface area contributed by atoms with E-state index in [1.165, 1.54) is 0 Å². The van der Waals surface area contributed by atoms with Crippen LogP contribution < -0.4 is 10.6 Å². The molecule has 2 aromatic rings. The Kier molecular flexibility index (Phi) is 6.31. The molecule has 0 aliphatic rings. The number of hydrogen-bond acceptors (Lipinski definition) is 5. The molecular weight excluding hydrogens is 338 g/mol. The van der Waals surface area contributed by atoms with E-state index in [9.17, 15) is 10.1 Å². The zero-order valence-corrected chi connectivity index (χ0v) is 14.9. The predicted molar refractivity (Wildman–Crippen MR) is 102 cm³/mol. The third kappa shape index (κ3) is 4.51. The van der Waals surface area contributed by atoms with E-state index in [1.807, 2.05) is 38.1 Å². The second-order valence-electron chi connectivity index (χ2n) is 5.95. The van der Waals surface area contributed by atoms with E-state index in [0.717, 1.165) is 5.56 Å². The number of amides is 1. The number of allylic oxidation sites excluding steroid dienone is 2. The molecule has 1 amide bonds. The molecule has 2 N–H and O–H groups in total. The third-order valence-corrected chi connectivity index (χ3v) is 3.85. The van der Waals surface area contributed by atoms with E-state index in [-0.39, 0.29) is 23.1 Å². The van der Waals surface area contributed by atoms with Crippen molar-refractivity contribution in [3.05, 3.63) is 70.9 Å². The molecule has 0 bridgehead atoms. The lowest BCUT2D eigenvalue weighted by Gasteiger charge is -2.15. The van der Waals surface area contributed by atoms with E-state index in [1.54, 1.807) is 42.5 Å². The van der Waals surface area contributed by atoms with Crippen molar-refractivity contribution in [2.45, 2.75) is 19.8 Å². The average molecular weight is 355 g/mol. The third-order valence-electron chi connectivity index (χ3n) is 3.85. The molecular formula is C21H17N5O. The van der Waals surface area contributed by atoms with Crippen LogP contribution in [0.3, 0.4) is 0 Å². The first-order chi connectivity index (χ1) is 13.0. The number of nitriles is 3. The van der Waals surface area contributed by atoms with Crippen molar-refractivity contribution in [3.8, 4) is 18.2 Å². The van der Waals surface area contributed by atoms with Crippen molar-refractivity contribution in [1.82, 2.24) is 0 Å². The Morgan fingerprint density at radius 1 is 0.852 bits per heavy atom. The molecule has 0 aliphatic heterocycles. The standard InChI is InChI=1S/C21H17N5O/c1-14(2)16-7-3-5-9-18(16)26-21(27)17-8-4-6-10-19(17)25-20(13-24)15(11-22)12-23/h3-10,14,25H,1-2H3,(H,26,27). The molecule has 0 fully saturated rings. The Hall–Kier alpha value is -4.08. The first kappa shape index (κ1) is 19.2. The predicted octanol–water partition coefficient (Wildman–Crippen LogP) is 4.30. The maximum atomic E-state index is 12.8. The van der Waals surface area contributed by atoms with Gasteiger partial charge < -0.3 is 10.6 Å². The fourth-order valence-corrected chi connectivity index (χ4v) is 2.51. The fraction of sp³-hybridized carbons (Fsp3) is 0.143. The first-order valence-corrected chi connectivity index (χ1v) is 8.22. The molecule has 0 saturated heterocycles. The van der Waals surface area contributed by atoms with Crippen molar-refractivity contribution in [1.29, 1.82) is 15.8 Å². The van der Waals surface area contributed by atoms with Crippen molar-refractivity contribution in [2.24, 2.45) is 0 Å². The van der Waals surface area contributed by atoms with Gasteiger partial charge in [-0.3, -0.25) is 4.79 Å². The van der Waals surface area contributed by atoms with Crippen LogP contribution in [-0.4, -0.2) is 5.91 Å². The van der Waals surface area contributed by atoms with Gasteiger partial charge in [0.2, 0.25) is 0 Å². The Labute approximate surface area is 158 Å². The SMILES string of the molecule is CC(C)c1ccccc1NC(=O)c1ccccc1NC(C#N)=C(C#N)C#N. The highest BCUT2D eigenvalue weighted by atomic mass is 16.1. The Balaban J connectivity index is 2.38. The first-order valence-electron chi connectivity index (χ1n) is 8.22. The van der Waals surface area contributed by atoms with Gasteiger partial charge >= 0.3 is 0 Å². The molecule has 0 unspecified atom stereocenters. The summed E-state index contributed by atoms with van der Waals surface area (Å²) in [5.41, 5.74) is 1.78. The van der Waals surface area contributed by atoms with Crippen molar-refractivity contribution in [2.75, 3.05) is 10.6 Å². The average Bonchev–Trinajstić information content (AvgIpc) is 2.68. The van der Waals surface area contributed by atoms with Crippen LogP contribution in [0.1, 0.15) is 35.7 Å². The number of benzene rings is 2. The van der Waals surface area contributed by atoms with Gasteiger partial charge in [0.15, 0.2) is 5.57 Å². The maximum Gasteiger partial charge on any atom is 0.257 e. The highest BCUT2D eigenvalue weighted by molar-refractivity contribution is 6.08. The summed E-state index contributed by atoms with van der Waals surface area (Å²) in [5.74, 6) is -0.129. The lowest BCUT2D eigenvalue weighted by atomic mass is 10.0. The van der Waals surface area contributed by atoms with Crippen LogP contribution >= 0.6 is 0 Å². The monoisotopic (exact) mass is 355 g/mol. The molecule has 0 radical (unpaired) electrons. The van der Waals surface area contributed by atoms with E-state index < -0.39 is 0 Å². The van der Waals surface area contributed by atoms with E-state index >= 15 is 0 Å². The molecule has 2 rings (SSSR count). The number of carbonyl (C=O) groups is 1. The van der Waals surface area contributed by atoms with Crippen LogP contribution in [0.5, 0.6) is 0 Å². The summed E-state index contributed by atoms with van der Waals surface area (Å²) in [7, 11) is 0. The quantitative estimate of drug-likeness (QED) is 0.776. The molecule has 0 aliphatic carbocycles. The van der Waals surface area contributed by atoms with Gasteiger partial charge in [-0.15, -0.1) is 0 Å². The van der Waals surface area contributed by atoms with E-state index in [2.05, 4.69) is 10.6 Å². The molecule has 0 heterocycles. The number of anilines is 2. The topological polar surface area (TPSA) is 112 Å². The largest absolute Gasteiger partial charge is 0.344 e. The van der Waals surface area contributed by atoms with Gasteiger partial charge in [0, 0.05) is 5.69 Å². The number of hydrogen-bond donors (Lipinski definition) is 2. The van der Waals surface area contributed by atoms with Crippen molar-refractivity contribution in [3.63, 3.8) is 0 Å². The molecule has 0 aromatic heterocycles. The number of rotatable bonds is 5. The van der Waals surface area contributed by atoms with Crippen LogP contribution in [0.4, 0.5) is 11.4 Å². The fourth-order valence-electron chi connectivity index (χ4n) is 2.51. The maximum absolute atomic E-state index is 12.8. The summed E-state index contributed by atoms with van der Waals surface area (Å²) < 4.78 is 0. The van der Waals surface area contributed by atoms with Crippen LogP contribution in [0.25, 0.3) is 0 Å². The molecule has 2 aromatic carbocycles. The molecule has 6 heteroatoms. The van der Waals surface area contributed by atoms with Gasteiger partial charge in [0.25, 0.3) is 5.91 Å². The highest BCUT2D eigenvalue weighted by Gasteiger charge is 2.16. The Morgan fingerprint density at radius 3 is 2.04 bits per heavy atom. The minimum absolute atomic E-state index is 0.206.